The van der Waals surface area contributed by atoms with Gasteiger partial charge in [-0.3, -0.25) is 4.79 Å². The number of rotatable bonds is 1. The SMILES string of the molecule is C=CC(=O)N1CCCC1C.CC.CC.CNC. The molecule has 1 aliphatic rings. The second kappa shape index (κ2) is 17.6. The van der Waals surface area contributed by atoms with Crippen LogP contribution in [0.1, 0.15) is 47.5 Å². The van der Waals surface area contributed by atoms with E-state index in [9.17, 15) is 4.79 Å². The van der Waals surface area contributed by atoms with Gasteiger partial charge in [-0.1, -0.05) is 34.3 Å². The van der Waals surface area contributed by atoms with Gasteiger partial charge in [0.05, 0.1) is 0 Å². The molecule has 0 aromatic carbocycles. The highest BCUT2D eigenvalue weighted by Gasteiger charge is 2.22. The van der Waals surface area contributed by atoms with Gasteiger partial charge < -0.3 is 10.2 Å². The van der Waals surface area contributed by atoms with E-state index in [0.29, 0.717) is 6.04 Å². The van der Waals surface area contributed by atoms with Gasteiger partial charge in [0.25, 0.3) is 0 Å². The van der Waals surface area contributed by atoms with E-state index in [1.807, 2.05) is 46.7 Å². The lowest BCUT2D eigenvalue weighted by Gasteiger charge is -2.18. The van der Waals surface area contributed by atoms with Crippen molar-refractivity contribution in [3.63, 3.8) is 0 Å². The number of nitrogens with zero attached hydrogens (tertiary/aromatic N) is 1. The quantitative estimate of drug-likeness (QED) is 0.719. The number of hydrogen-bond donors (Lipinski definition) is 1. The molecule has 1 amide bonds. The summed E-state index contributed by atoms with van der Waals surface area (Å²) in [7, 11) is 3.75. The Morgan fingerprint density at radius 2 is 1.71 bits per heavy atom. The van der Waals surface area contributed by atoms with Crippen molar-refractivity contribution >= 4 is 5.91 Å². The van der Waals surface area contributed by atoms with Crippen molar-refractivity contribution < 1.29 is 4.79 Å². The normalized spacial score (nSPS) is 16.4. The lowest BCUT2D eigenvalue weighted by atomic mass is 10.2. The van der Waals surface area contributed by atoms with Crippen molar-refractivity contribution in [2.75, 3.05) is 20.6 Å². The van der Waals surface area contributed by atoms with Crippen LogP contribution < -0.4 is 5.32 Å². The van der Waals surface area contributed by atoms with Crippen LogP contribution in [-0.2, 0) is 4.79 Å². The molecule has 0 spiro atoms. The molecule has 1 aliphatic heterocycles. The maximum absolute atomic E-state index is 11.0. The Bertz CT molecular complexity index is 170. The van der Waals surface area contributed by atoms with Gasteiger partial charge in [0.2, 0.25) is 5.91 Å². The number of hydrogen-bond acceptors (Lipinski definition) is 2. The van der Waals surface area contributed by atoms with E-state index in [2.05, 4.69) is 18.8 Å². The minimum Gasteiger partial charge on any atom is -0.336 e. The highest BCUT2D eigenvalue weighted by molar-refractivity contribution is 5.87. The zero-order valence-corrected chi connectivity index (χ0v) is 12.8. The fraction of sp³-hybridized carbons (Fsp3) is 0.786. The number of likely N-dealkylation sites (tertiary alicyclic amines) is 1. The molecule has 1 saturated heterocycles. The predicted octanol–water partition coefficient (Wildman–Crippen LogP) is 3.07. The van der Waals surface area contributed by atoms with Gasteiger partial charge in [-0.05, 0) is 39.9 Å². The van der Waals surface area contributed by atoms with Crippen LogP contribution in [0, 0.1) is 0 Å². The summed E-state index contributed by atoms with van der Waals surface area (Å²) >= 11 is 0. The minimum atomic E-state index is 0.0741. The first-order chi connectivity index (χ1) is 8.17. The third kappa shape index (κ3) is 11.4. The van der Waals surface area contributed by atoms with Crippen molar-refractivity contribution in [2.24, 2.45) is 0 Å². The van der Waals surface area contributed by atoms with Crippen LogP contribution in [0.25, 0.3) is 0 Å². The summed E-state index contributed by atoms with van der Waals surface area (Å²) in [6, 6.07) is 0.422. The van der Waals surface area contributed by atoms with Crippen LogP contribution in [0.5, 0.6) is 0 Å². The van der Waals surface area contributed by atoms with Gasteiger partial charge in [-0.25, -0.2) is 0 Å². The minimum absolute atomic E-state index is 0.0741. The lowest BCUT2D eigenvalue weighted by molar-refractivity contribution is -0.126. The highest BCUT2D eigenvalue weighted by Crippen LogP contribution is 2.15. The maximum Gasteiger partial charge on any atom is 0.246 e. The Hall–Kier alpha value is -0.830. The standard InChI is InChI=1S/C8H13NO.C2H7N.2C2H6/c1-3-8(10)9-6-4-5-7(9)2;1-3-2;2*1-2/h3,7H,1,4-6H2,2H3;3H,1-2H3;2*1-2H3. The summed E-state index contributed by atoms with van der Waals surface area (Å²) in [6.07, 6.45) is 3.67. The highest BCUT2D eigenvalue weighted by atomic mass is 16.2. The molecule has 1 atom stereocenters. The first kappa shape index (κ1) is 21.5. The number of carbonyl (C=O) groups excluding carboxylic acids is 1. The Morgan fingerprint density at radius 3 is 1.94 bits per heavy atom. The van der Waals surface area contributed by atoms with E-state index in [4.69, 9.17) is 0 Å². The molecule has 0 bridgehead atoms. The molecule has 0 aromatic rings. The van der Waals surface area contributed by atoms with Gasteiger partial charge in [0, 0.05) is 12.6 Å². The molecule has 0 aromatic heterocycles. The smallest absolute Gasteiger partial charge is 0.246 e. The van der Waals surface area contributed by atoms with Gasteiger partial charge in [-0.2, -0.15) is 0 Å². The topological polar surface area (TPSA) is 32.3 Å². The fourth-order valence-corrected chi connectivity index (χ4v) is 1.38. The van der Waals surface area contributed by atoms with Crippen molar-refractivity contribution in [3.05, 3.63) is 12.7 Å². The molecule has 0 aliphatic carbocycles. The molecule has 0 saturated carbocycles. The van der Waals surface area contributed by atoms with E-state index in [1.165, 1.54) is 6.08 Å². The van der Waals surface area contributed by atoms with Gasteiger partial charge in [-0.15, -0.1) is 0 Å². The van der Waals surface area contributed by atoms with Crippen LogP contribution in [0.4, 0.5) is 0 Å². The zero-order valence-electron chi connectivity index (χ0n) is 12.8. The monoisotopic (exact) mass is 244 g/mol. The molecule has 1 rings (SSSR count). The van der Waals surface area contributed by atoms with Crippen molar-refractivity contribution in [3.8, 4) is 0 Å². The second-order valence-electron chi connectivity index (χ2n) is 3.23. The summed E-state index contributed by atoms with van der Waals surface area (Å²) < 4.78 is 0. The molecular formula is C14H32N2O. The third-order valence-electron chi connectivity index (χ3n) is 2.01. The molecule has 1 unspecified atom stereocenters. The average molecular weight is 244 g/mol. The summed E-state index contributed by atoms with van der Waals surface area (Å²) in [5.74, 6) is 0.0741. The molecule has 1 fully saturated rings. The summed E-state index contributed by atoms with van der Waals surface area (Å²) in [6.45, 7) is 14.4. The number of carbonyl (C=O) groups is 1. The van der Waals surface area contributed by atoms with Gasteiger partial charge in [0.1, 0.15) is 0 Å². The van der Waals surface area contributed by atoms with E-state index in [-0.39, 0.29) is 5.91 Å². The Morgan fingerprint density at radius 1 is 1.29 bits per heavy atom. The molecule has 1 N–H and O–H groups in total. The molecule has 1 heterocycles. The van der Waals surface area contributed by atoms with E-state index in [1.54, 1.807) is 0 Å². The van der Waals surface area contributed by atoms with Crippen molar-refractivity contribution in [1.82, 2.24) is 10.2 Å². The average Bonchev–Trinajstić information content (AvgIpc) is 2.81. The molecular weight excluding hydrogens is 212 g/mol. The molecule has 17 heavy (non-hydrogen) atoms. The van der Waals surface area contributed by atoms with Crippen LogP contribution in [0.15, 0.2) is 12.7 Å². The molecule has 3 nitrogen and oxygen atoms in total. The first-order valence-corrected chi connectivity index (χ1v) is 6.68. The lowest BCUT2D eigenvalue weighted by Crippen LogP contribution is -2.31. The van der Waals surface area contributed by atoms with Crippen LogP contribution in [-0.4, -0.2) is 37.5 Å². The summed E-state index contributed by atoms with van der Waals surface area (Å²) in [5.41, 5.74) is 0. The van der Waals surface area contributed by atoms with E-state index in [0.717, 1.165) is 19.4 Å². The van der Waals surface area contributed by atoms with Crippen LogP contribution in [0.3, 0.4) is 0 Å². The second-order valence-corrected chi connectivity index (χ2v) is 3.23. The van der Waals surface area contributed by atoms with Crippen molar-refractivity contribution in [2.45, 2.75) is 53.5 Å². The Balaban J connectivity index is -0.000000239. The molecule has 0 radical (unpaired) electrons. The van der Waals surface area contributed by atoms with Crippen molar-refractivity contribution in [1.29, 1.82) is 0 Å². The first-order valence-electron chi connectivity index (χ1n) is 6.68. The van der Waals surface area contributed by atoms with Gasteiger partial charge in [0.15, 0.2) is 0 Å². The van der Waals surface area contributed by atoms with Gasteiger partial charge >= 0.3 is 0 Å². The Kier molecular flexibility index (Phi) is 22.2. The summed E-state index contributed by atoms with van der Waals surface area (Å²) in [4.78, 5) is 12.9. The zero-order chi connectivity index (χ0) is 14.3. The third-order valence-corrected chi connectivity index (χ3v) is 2.01. The fourth-order valence-electron chi connectivity index (χ4n) is 1.38. The maximum atomic E-state index is 11.0. The molecule has 3 heteroatoms. The predicted molar refractivity (Wildman–Crippen MR) is 78.3 cm³/mol. The Labute approximate surface area is 108 Å². The number of nitrogens with one attached hydrogen (secondary N) is 1. The van der Waals surface area contributed by atoms with E-state index >= 15 is 0 Å². The largest absolute Gasteiger partial charge is 0.336 e. The number of amides is 1. The van der Waals surface area contributed by atoms with E-state index < -0.39 is 0 Å². The van der Waals surface area contributed by atoms with Crippen LogP contribution in [0.2, 0.25) is 0 Å². The molecule has 104 valence electrons. The summed E-state index contributed by atoms with van der Waals surface area (Å²) in [5, 5.41) is 2.75. The van der Waals surface area contributed by atoms with Crippen LogP contribution >= 0.6 is 0 Å².